The van der Waals surface area contributed by atoms with E-state index in [4.69, 9.17) is 19.2 Å². The highest BCUT2D eigenvalue weighted by atomic mass is 16.5. The second-order valence-corrected chi connectivity index (χ2v) is 16.1. The van der Waals surface area contributed by atoms with Crippen LogP contribution in [0.4, 0.5) is 4.79 Å². The Kier molecular flexibility index (Phi) is 11.3. The Labute approximate surface area is 328 Å². The maximum Gasteiger partial charge on any atom is 0.407 e. The fourth-order valence-corrected chi connectivity index (χ4v) is 9.38. The number of benzene rings is 2. The molecule has 1 unspecified atom stereocenters. The van der Waals surface area contributed by atoms with Crippen LogP contribution < -0.4 is 16.0 Å². The van der Waals surface area contributed by atoms with Crippen LogP contribution in [-0.4, -0.2) is 102 Å². The summed E-state index contributed by atoms with van der Waals surface area (Å²) >= 11 is 0. The fourth-order valence-electron chi connectivity index (χ4n) is 9.38. The number of aromatic amines is 1. The number of ether oxygens (including phenoxy) is 3. The number of carbonyl (C=O) groups excluding carboxylic acids is 3. The summed E-state index contributed by atoms with van der Waals surface area (Å²) in [6.07, 6.45) is 10.8. The van der Waals surface area contributed by atoms with Crippen LogP contribution in [0.15, 0.2) is 60.9 Å². The average molecular weight is 766 g/mol. The number of hydrogen-bond acceptors (Lipinski definition) is 9. The van der Waals surface area contributed by atoms with Crippen LogP contribution in [0.25, 0.3) is 28.1 Å². The lowest BCUT2D eigenvalue weighted by Crippen LogP contribution is -2.64. The highest BCUT2D eigenvalue weighted by Crippen LogP contribution is 2.36. The first kappa shape index (κ1) is 38.0. The molecular formula is C43H55N7O6. The summed E-state index contributed by atoms with van der Waals surface area (Å²) < 4.78 is 16.0. The first-order valence-electron chi connectivity index (χ1n) is 20.4. The molecule has 56 heavy (non-hydrogen) atoms. The highest BCUT2D eigenvalue weighted by Gasteiger charge is 2.47. The summed E-state index contributed by atoms with van der Waals surface area (Å²) in [5.41, 5.74) is 5.49. The molecule has 3 aromatic rings. The number of carbonyl (C=O) groups is 3. The van der Waals surface area contributed by atoms with Crippen LogP contribution >= 0.6 is 0 Å². The summed E-state index contributed by atoms with van der Waals surface area (Å²) in [6.45, 7) is 6.14. The maximum absolute atomic E-state index is 14.2. The van der Waals surface area contributed by atoms with E-state index < -0.39 is 17.8 Å². The van der Waals surface area contributed by atoms with E-state index in [2.05, 4.69) is 76.4 Å². The van der Waals surface area contributed by atoms with Crippen molar-refractivity contribution in [2.45, 2.75) is 88.5 Å². The van der Waals surface area contributed by atoms with Gasteiger partial charge in [-0.2, -0.15) is 0 Å². The molecule has 5 aliphatic heterocycles. The van der Waals surface area contributed by atoms with Crippen LogP contribution in [0, 0.1) is 11.8 Å². The normalized spacial score (nSPS) is 25.0. The van der Waals surface area contributed by atoms with Crippen LogP contribution in [0.1, 0.15) is 82.1 Å². The van der Waals surface area contributed by atoms with Crippen molar-refractivity contribution in [1.29, 1.82) is 0 Å². The zero-order valence-electron chi connectivity index (χ0n) is 32.6. The van der Waals surface area contributed by atoms with Gasteiger partial charge < -0.3 is 44.9 Å². The zero-order valence-corrected chi connectivity index (χ0v) is 32.6. The SMILES string of the molecule is COC(=O)N[C@H](C(=O)N1CCC[C@H]1C1(C)NC=C(c2cccc(-c3cccc(-c4cnc([C@@H]5CCCN5C(=O)CC5CCOCC5)[nH]4)c3)c2)N1)C1CCOCC1. The Balaban J connectivity index is 0.944. The maximum atomic E-state index is 14.2. The van der Waals surface area contributed by atoms with E-state index >= 15 is 0 Å². The van der Waals surface area contributed by atoms with Gasteiger partial charge in [0, 0.05) is 57.7 Å². The highest BCUT2D eigenvalue weighted by molar-refractivity contribution is 5.87. The van der Waals surface area contributed by atoms with Crippen molar-refractivity contribution in [2.24, 2.45) is 11.8 Å². The predicted molar refractivity (Wildman–Crippen MR) is 212 cm³/mol. The number of alkyl carbamates (subject to hydrolysis) is 1. The second-order valence-electron chi connectivity index (χ2n) is 16.1. The van der Waals surface area contributed by atoms with Gasteiger partial charge in [-0.25, -0.2) is 9.78 Å². The molecule has 4 saturated heterocycles. The summed E-state index contributed by atoms with van der Waals surface area (Å²) in [6, 6.07) is 16.1. The van der Waals surface area contributed by atoms with Crippen molar-refractivity contribution in [2.75, 3.05) is 46.6 Å². The molecule has 2 aromatic carbocycles. The summed E-state index contributed by atoms with van der Waals surface area (Å²) in [5, 5.41) is 10.2. The van der Waals surface area contributed by atoms with Crippen LogP contribution in [-0.2, 0) is 23.8 Å². The van der Waals surface area contributed by atoms with Crippen molar-refractivity contribution >= 4 is 23.6 Å². The Bertz CT molecular complexity index is 1920. The minimum absolute atomic E-state index is 0.0142. The monoisotopic (exact) mass is 765 g/mol. The number of H-pyrrole nitrogens is 1. The Morgan fingerprint density at radius 2 is 1.55 bits per heavy atom. The van der Waals surface area contributed by atoms with Gasteiger partial charge in [0.15, 0.2) is 0 Å². The van der Waals surface area contributed by atoms with E-state index in [1.54, 1.807) is 0 Å². The van der Waals surface area contributed by atoms with E-state index in [0.29, 0.717) is 44.9 Å². The second kappa shape index (κ2) is 16.7. The molecule has 13 nitrogen and oxygen atoms in total. The van der Waals surface area contributed by atoms with Gasteiger partial charge in [-0.1, -0.05) is 36.4 Å². The molecule has 0 aliphatic carbocycles. The molecule has 0 saturated carbocycles. The number of imidazole rings is 1. The van der Waals surface area contributed by atoms with Crippen molar-refractivity contribution in [3.63, 3.8) is 0 Å². The number of nitrogens with zero attached hydrogens (tertiary/aromatic N) is 3. The molecule has 5 aliphatic rings. The third-order valence-corrected chi connectivity index (χ3v) is 12.5. The molecule has 1 aromatic heterocycles. The summed E-state index contributed by atoms with van der Waals surface area (Å²) in [7, 11) is 1.32. The van der Waals surface area contributed by atoms with Gasteiger partial charge in [-0.05, 0) is 98.9 Å². The first-order chi connectivity index (χ1) is 27.3. The minimum Gasteiger partial charge on any atom is -0.453 e. The first-order valence-corrected chi connectivity index (χ1v) is 20.4. The molecule has 0 bridgehead atoms. The van der Waals surface area contributed by atoms with E-state index in [9.17, 15) is 14.4 Å². The molecule has 4 fully saturated rings. The van der Waals surface area contributed by atoms with Crippen LogP contribution in [0.3, 0.4) is 0 Å². The van der Waals surface area contributed by atoms with Gasteiger partial charge in [0.25, 0.3) is 0 Å². The molecule has 298 valence electrons. The third-order valence-electron chi connectivity index (χ3n) is 12.5. The van der Waals surface area contributed by atoms with Crippen molar-refractivity contribution < 1.29 is 28.6 Å². The van der Waals surface area contributed by atoms with Gasteiger partial charge in [-0.3, -0.25) is 9.59 Å². The smallest absolute Gasteiger partial charge is 0.407 e. The number of nitrogens with one attached hydrogen (secondary N) is 4. The van der Waals surface area contributed by atoms with Gasteiger partial charge in [0.05, 0.1) is 36.8 Å². The predicted octanol–water partition coefficient (Wildman–Crippen LogP) is 5.57. The van der Waals surface area contributed by atoms with E-state index in [-0.39, 0.29) is 29.8 Å². The molecule has 0 radical (unpaired) electrons. The van der Waals surface area contributed by atoms with Crippen LogP contribution in [0.2, 0.25) is 0 Å². The van der Waals surface area contributed by atoms with Gasteiger partial charge in [0.1, 0.15) is 17.5 Å². The van der Waals surface area contributed by atoms with Gasteiger partial charge >= 0.3 is 6.09 Å². The minimum atomic E-state index is -0.668. The summed E-state index contributed by atoms with van der Waals surface area (Å²) in [5.74, 6) is 1.39. The van der Waals surface area contributed by atoms with Crippen LogP contribution in [0.5, 0.6) is 0 Å². The number of likely N-dealkylation sites (tertiary alicyclic amines) is 2. The van der Waals surface area contributed by atoms with Crippen molar-refractivity contribution in [3.8, 4) is 22.4 Å². The fraction of sp³-hybridized carbons (Fsp3) is 0.535. The third kappa shape index (κ3) is 8.02. The number of hydrogen-bond donors (Lipinski definition) is 4. The van der Waals surface area contributed by atoms with Crippen molar-refractivity contribution in [3.05, 3.63) is 72.3 Å². The van der Waals surface area contributed by atoms with E-state index in [0.717, 1.165) is 97.8 Å². The van der Waals surface area contributed by atoms with E-state index in [1.807, 2.05) is 22.2 Å². The molecule has 13 heteroatoms. The van der Waals surface area contributed by atoms with E-state index in [1.165, 1.54) is 7.11 Å². The lowest BCUT2D eigenvalue weighted by atomic mass is 9.90. The van der Waals surface area contributed by atoms with Gasteiger partial charge in [0.2, 0.25) is 11.8 Å². The van der Waals surface area contributed by atoms with Crippen molar-refractivity contribution in [1.82, 2.24) is 35.7 Å². The molecule has 6 heterocycles. The molecule has 4 atom stereocenters. The number of amides is 3. The molecule has 3 amide bonds. The number of aromatic nitrogens is 2. The Hall–Kier alpha value is -4.88. The Morgan fingerprint density at radius 3 is 2.30 bits per heavy atom. The summed E-state index contributed by atoms with van der Waals surface area (Å²) in [4.78, 5) is 52.2. The zero-order chi connectivity index (χ0) is 38.6. The lowest BCUT2D eigenvalue weighted by molar-refractivity contribution is -0.138. The topological polar surface area (TPSA) is 150 Å². The quantitative estimate of drug-likeness (QED) is 0.208. The Morgan fingerprint density at radius 1 is 0.893 bits per heavy atom. The largest absolute Gasteiger partial charge is 0.453 e. The molecular weight excluding hydrogens is 711 g/mol. The number of rotatable bonds is 10. The molecule has 4 N–H and O–H groups in total. The number of methoxy groups -OCH3 is 1. The van der Waals surface area contributed by atoms with Gasteiger partial charge in [-0.15, -0.1) is 0 Å². The lowest BCUT2D eigenvalue weighted by Gasteiger charge is -2.41. The standard InChI is InChI=1S/C43H55N7O6/c1-43(37-12-6-18-50(37)41(52)39(47-42(53)54-2)29-15-21-56-22-16-29)45-27-35(48-43)33-10-4-8-31(25-33)30-7-3-9-32(24-30)34-26-44-40(46-34)36-11-5-17-49(36)38(51)23-28-13-19-55-20-14-28/h3-4,7-10,24-29,36-37,39,45,48H,5-6,11-23H2,1-2H3,(H,44,46)(H,47,53)/t36-,37-,39-,43?/m0/s1. The molecule has 8 rings (SSSR count). The average Bonchev–Trinajstić information content (AvgIpc) is 4.08. The molecule has 0 spiro atoms.